The van der Waals surface area contributed by atoms with E-state index >= 15 is 0 Å². The number of rotatable bonds is 10. The normalized spacial score (nSPS) is 15.4. The lowest BCUT2D eigenvalue weighted by molar-refractivity contribution is -0.415. The predicted octanol–water partition coefficient (Wildman–Crippen LogP) is 3.62. The Bertz CT molecular complexity index is 411. The van der Waals surface area contributed by atoms with Crippen LogP contribution < -0.4 is 0 Å². The molecule has 0 atom stereocenters. The Morgan fingerprint density at radius 1 is 0.750 bits per heavy atom. The van der Waals surface area contributed by atoms with Gasteiger partial charge in [0.05, 0.1) is 0 Å². The third kappa shape index (κ3) is 3.78. The zero-order valence-corrected chi connectivity index (χ0v) is 13.8. The molecule has 24 heavy (non-hydrogen) atoms. The summed E-state index contributed by atoms with van der Waals surface area (Å²) in [6, 6.07) is 0.455. The standard InChI is InChI=1S/C10H12F12OSi/c11-5(12)7(15,16)9(19,20)10(21,22)8(17,18)6(13,14)4-23-2-1-3-24/h5H,1-4H2,24H3. The first-order valence-electron chi connectivity index (χ1n) is 6.25. The number of ether oxygens (including phenoxy) is 1. The van der Waals surface area contributed by atoms with Gasteiger partial charge < -0.3 is 4.74 Å². The van der Waals surface area contributed by atoms with E-state index in [2.05, 4.69) is 4.74 Å². The van der Waals surface area contributed by atoms with Crippen molar-refractivity contribution in [2.45, 2.75) is 48.5 Å². The van der Waals surface area contributed by atoms with Gasteiger partial charge in [0.1, 0.15) is 6.61 Å². The summed E-state index contributed by atoms with van der Waals surface area (Å²) in [6.07, 6.45) is -5.41. The Morgan fingerprint density at radius 2 is 1.21 bits per heavy atom. The van der Waals surface area contributed by atoms with Crippen LogP contribution in [0.25, 0.3) is 0 Å². The van der Waals surface area contributed by atoms with Crippen molar-refractivity contribution in [3.05, 3.63) is 0 Å². The van der Waals surface area contributed by atoms with E-state index in [0.29, 0.717) is 16.3 Å². The van der Waals surface area contributed by atoms with E-state index in [1.807, 2.05) is 0 Å². The van der Waals surface area contributed by atoms with E-state index in [-0.39, 0.29) is 6.42 Å². The molecule has 0 rings (SSSR count). The molecule has 1 nitrogen and oxygen atoms in total. The van der Waals surface area contributed by atoms with Crippen molar-refractivity contribution in [2.24, 2.45) is 0 Å². The van der Waals surface area contributed by atoms with Gasteiger partial charge in [0, 0.05) is 16.8 Å². The molecular weight excluding hydrogens is 392 g/mol. The molecule has 0 fully saturated rings. The first-order chi connectivity index (χ1) is 10.5. The molecular formula is C10H12F12OSi. The minimum Gasteiger partial charge on any atom is -0.375 e. The van der Waals surface area contributed by atoms with Crippen molar-refractivity contribution >= 4 is 10.2 Å². The predicted molar refractivity (Wildman–Crippen MR) is 60.9 cm³/mol. The van der Waals surface area contributed by atoms with Crippen LogP contribution in [0.3, 0.4) is 0 Å². The largest absolute Gasteiger partial charge is 0.384 e. The van der Waals surface area contributed by atoms with Crippen LogP contribution in [0.5, 0.6) is 0 Å². The van der Waals surface area contributed by atoms with E-state index in [1.165, 1.54) is 0 Å². The highest BCUT2D eigenvalue weighted by Crippen LogP contribution is 2.58. The molecule has 0 aromatic carbocycles. The smallest absolute Gasteiger partial charge is 0.375 e. The number of alkyl halides is 12. The Balaban J connectivity index is 5.64. The van der Waals surface area contributed by atoms with Gasteiger partial charge in [0.25, 0.3) is 0 Å². The first kappa shape index (κ1) is 23.3. The van der Waals surface area contributed by atoms with Crippen LogP contribution in [0.4, 0.5) is 52.7 Å². The van der Waals surface area contributed by atoms with E-state index in [9.17, 15) is 52.7 Å². The zero-order valence-electron chi connectivity index (χ0n) is 11.8. The third-order valence-corrected chi connectivity index (χ3v) is 3.57. The maximum atomic E-state index is 13.1. The highest BCUT2D eigenvalue weighted by Gasteiger charge is 2.87. The minimum absolute atomic E-state index is 0.0872. The summed E-state index contributed by atoms with van der Waals surface area (Å²) in [5, 5.41) is 0. The van der Waals surface area contributed by atoms with Crippen molar-refractivity contribution in [3.8, 4) is 0 Å². The maximum Gasteiger partial charge on any atom is 0.384 e. The maximum absolute atomic E-state index is 13.1. The molecule has 0 aromatic heterocycles. The lowest BCUT2D eigenvalue weighted by atomic mass is 9.94. The van der Waals surface area contributed by atoms with Gasteiger partial charge in [-0.25, -0.2) is 8.78 Å². The first-order valence-corrected chi connectivity index (χ1v) is 7.67. The molecule has 0 radical (unpaired) electrons. The molecule has 0 amide bonds. The van der Waals surface area contributed by atoms with Crippen molar-refractivity contribution in [1.82, 2.24) is 0 Å². The molecule has 0 aliphatic rings. The van der Waals surface area contributed by atoms with Crippen LogP contribution >= 0.6 is 0 Å². The molecule has 14 heteroatoms. The number of hydrogen-bond donors (Lipinski definition) is 0. The van der Waals surface area contributed by atoms with E-state index < -0.39 is 49.3 Å². The highest BCUT2D eigenvalue weighted by atomic mass is 28.1. The molecule has 0 N–H and O–H groups in total. The van der Waals surface area contributed by atoms with Crippen LogP contribution in [0.1, 0.15) is 6.42 Å². The van der Waals surface area contributed by atoms with Crippen LogP contribution in [-0.2, 0) is 4.74 Å². The van der Waals surface area contributed by atoms with Crippen molar-refractivity contribution in [1.29, 1.82) is 0 Å². The fraction of sp³-hybridized carbons (Fsp3) is 1.00. The summed E-state index contributed by atoms with van der Waals surface area (Å²) < 4.78 is 157. The summed E-state index contributed by atoms with van der Waals surface area (Å²) in [5.41, 5.74) is 0. The van der Waals surface area contributed by atoms with Crippen molar-refractivity contribution < 1.29 is 57.4 Å². The second kappa shape index (κ2) is 7.29. The summed E-state index contributed by atoms with van der Waals surface area (Å²) in [6.45, 7) is -3.07. The van der Waals surface area contributed by atoms with Gasteiger partial charge in [0.15, 0.2) is 0 Å². The fourth-order valence-corrected chi connectivity index (χ4v) is 1.60. The molecule has 0 aliphatic carbocycles. The summed E-state index contributed by atoms with van der Waals surface area (Å²) in [4.78, 5) is 0. The lowest BCUT2D eigenvalue weighted by Gasteiger charge is -2.39. The lowest BCUT2D eigenvalue weighted by Crippen LogP contribution is -2.69. The number of hydrogen-bond acceptors (Lipinski definition) is 1. The van der Waals surface area contributed by atoms with Gasteiger partial charge in [-0.3, -0.25) is 0 Å². The molecule has 146 valence electrons. The Kier molecular flexibility index (Phi) is 7.09. The molecule has 0 saturated carbocycles. The molecule has 0 aromatic rings. The van der Waals surface area contributed by atoms with E-state index in [0.717, 1.165) is 0 Å². The van der Waals surface area contributed by atoms with Gasteiger partial charge in [-0.05, 0) is 6.42 Å². The SMILES string of the molecule is FC(F)C(F)(F)C(F)(F)C(F)(F)C(F)(F)C(F)(F)COCCC[SiH3]. The minimum atomic E-state index is -7.48. The van der Waals surface area contributed by atoms with Crippen molar-refractivity contribution in [2.75, 3.05) is 13.2 Å². The Labute approximate surface area is 130 Å². The highest BCUT2D eigenvalue weighted by molar-refractivity contribution is 6.08. The van der Waals surface area contributed by atoms with Crippen LogP contribution in [0.2, 0.25) is 6.04 Å². The average molecular weight is 404 g/mol. The summed E-state index contributed by atoms with van der Waals surface area (Å²) >= 11 is 0. The fourth-order valence-electron chi connectivity index (χ4n) is 1.31. The average Bonchev–Trinajstić information content (AvgIpc) is 2.42. The third-order valence-electron chi connectivity index (χ3n) is 2.87. The second-order valence-corrected chi connectivity index (χ2v) is 5.76. The van der Waals surface area contributed by atoms with E-state index in [1.54, 1.807) is 0 Å². The molecule has 0 bridgehead atoms. The van der Waals surface area contributed by atoms with Gasteiger partial charge in [-0.2, -0.15) is 43.9 Å². The molecule has 0 unspecified atom stereocenters. The Morgan fingerprint density at radius 3 is 1.58 bits per heavy atom. The van der Waals surface area contributed by atoms with Crippen LogP contribution in [-0.4, -0.2) is 59.5 Å². The van der Waals surface area contributed by atoms with Crippen LogP contribution in [0, 0.1) is 0 Å². The van der Waals surface area contributed by atoms with Gasteiger partial charge >= 0.3 is 36.0 Å². The summed E-state index contributed by atoms with van der Waals surface area (Å²) in [7, 11) is 0.576. The second-order valence-electron chi connectivity index (χ2n) is 4.76. The summed E-state index contributed by atoms with van der Waals surface area (Å²) in [5.74, 6) is -35.0. The Hall–Kier alpha value is -0.663. The van der Waals surface area contributed by atoms with Gasteiger partial charge in [0.2, 0.25) is 0 Å². The molecule has 0 aliphatic heterocycles. The van der Waals surface area contributed by atoms with Crippen LogP contribution in [0.15, 0.2) is 0 Å². The van der Waals surface area contributed by atoms with Crippen molar-refractivity contribution in [3.63, 3.8) is 0 Å². The molecule has 0 heterocycles. The van der Waals surface area contributed by atoms with Gasteiger partial charge in [-0.15, -0.1) is 0 Å². The quantitative estimate of drug-likeness (QED) is 0.307. The zero-order chi connectivity index (χ0) is 19.6. The monoisotopic (exact) mass is 404 g/mol. The topological polar surface area (TPSA) is 9.23 Å². The van der Waals surface area contributed by atoms with Gasteiger partial charge in [-0.1, -0.05) is 6.04 Å². The molecule has 0 saturated heterocycles. The number of halogens is 12. The molecule has 0 spiro atoms. The van der Waals surface area contributed by atoms with E-state index in [4.69, 9.17) is 0 Å².